The Morgan fingerprint density at radius 2 is 1.92 bits per heavy atom. The number of hydrogen-bond donors (Lipinski definition) is 2. The Labute approximate surface area is 151 Å². The summed E-state index contributed by atoms with van der Waals surface area (Å²) < 4.78 is 0. The molecular formula is C18H21N3O3S. The number of amides is 1. The number of benzene rings is 2. The van der Waals surface area contributed by atoms with Gasteiger partial charge in [0.2, 0.25) is 0 Å². The second-order valence-electron chi connectivity index (χ2n) is 5.53. The lowest BCUT2D eigenvalue weighted by Gasteiger charge is -2.11. The molecule has 2 N–H and O–H groups in total. The molecule has 6 nitrogen and oxygen atoms in total. The Balaban J connectivity index is 1.90. The highest BCUT2D eigenvalue weighted by Gasteiger charge is 2.15. The number of nitro groups is 1. The van der Waals surface area contributed by atoms with Gasteiger partial charge in [-0.3, -0.25) is 14.9 Å². The van der Waals surface area contributed by atoms with Gasteiger partial charge in [-0.25, -0.2) is 0 Å². The fraction of sp³-hybridized carbons (Fsp3) is 0.278. The van der Waals surface area contributed by atoms with Crippen LogP contribution >= 0.6 is 11.8 Å². The summed E-state index contributed by atoms with van der Waals surface area (Å²) >= 11 is 1.79. The predicted molar refractivity (Wildman–Crippen MR) is 102 cm³/mol. The third-order valence-corrected chi connectivity index (χ3v) is 4.67. The van der Waals surface area contributed by atoms with E-state index in [0.717, 1.165) is 11.5 Å². The molecule has 0 aliphatic heterocycles. The molecule has 0 atom stereocenters. The first-order valence-corrected chi connectivity index (χ1v) is 9.04. The number of hydrogen-bond acceptors (Lipinski definition) is 5. The number of rotatable bonds is 8. The number of nitrogens with one attached hydrogen (secondary N) is 2. The summed E-state index contributed by atoms with van der Waals surface area (Å²) in [6.07, 6.45) is 0. The highest BCUT2D eigenvalue weighted by Crippen LogP contribution is 2.22. The second kappa shape index (κ2) is 9.08. The molecule has 2 aromatic carbocycles. The molecular weight excluding hydrogens is 338 g/mol. The van der Waals surface area contributed by atoms with Gasteiger partial charge in [0.25, 0.3) is 11.6 Å². The van der Waals surface area contributed by atoms with E-state index < -0.39 is 4.92 Å². The molecule has 7 heteroatoms. The lowest BCUT2D eigenvalue weighted by atomic mass is 10.1. The van der Waals surface area contributed by atoms with Crippen molar-refractivity contribution in [1.82, 2.24) is 5.32 Å². The summed E-state index contributed by atoms with van der Waals surface area (Å²) in [4.78, 5) is 22.3. The molecule has 2 rings (SSSR count). The summed E-state index contributed by atoms with van der Waals surface area (Å²) in [6.45, 7) is 2.73. The van der Waals surface area contributed by atoms with Crippen molar-refractivity contribution in [1.29, 1.82) is 0 Å². The van der Waals surface area contributed by atoms with Crippen LogP contribution in [0.25, 0.3) is 0 Å². The normalized spacial score (nSPS) is 10.3. The smallest absolute Gasteiger partial charge is 0.270 e. The van der Waals surface area contributed by atoms with E-state index in [1.807, 2.05) is 0 Å². The fourth-order valence-electron chi connectivity index (χ4n) is 2.25. The zero-order valence-electron chi connectivity index (χ0n) is 14.2. The minimum absolute atomic E-state index is 0.0992. The lowest BCUT2D eigenvalue weighted by molar-refractivity contribution is -0.384. The number of carbonyl (C=O) groups is 1. The number of nitrogens with zero attached hydrogens (tertiary/aromatic N) is 1. The molecule has 0 unspecified atom stereocenters. The Hall–Kier alpha value is -2.54. The Bertz CT molecular complexity index is 748. The van der Waals surface area contributed by atoms with Gasteiger partial charge in [0.05, 0.1) is 10.5 Å². The molecule has 25 heavy (non-hydrogen) atoms. The Morgan fingerprint density at radius 1 is 1.20 bits per heavy atom. The quantitative estimate of drug-likeness (QED) is 0.427. The van der Waals surface area contributed by atoms with E-state index in [-0.39, 0.29) is 17.2 Å². The van der Waals surface area contributed by atoms with Crippen LogP contribution in [0.3, 0.4) is 0 Å². The van der Waals surface area contributed by atoms with Crippen LogP contribution in [0.2, 0.25) is 0 Å². The number of nitro benzene ring substituents is 1. The second-order valence-corrected chi connectivity index (χ2v) is 6.64. The minimum atomic E-state index is -0.506. The maximum absolute atomic E-state index is 11.9. The molecule has 0 bridgehead atoms. The van der Waals surface area contributed by atoms with Crippen molar-refractivity contribution in [3.05, 3.63) is 69.3 Å². The van der Waals surface area contributed by atoms with Crippen LogP contribution in [0.15, 0.2) is 42.5 Å². The molecule has 0 heterocycles. The van der Waals surface area contributed by atoms with Crippen LogP contribution in [0, 0.1) is 17.0 Å². The average Bonchev–Trinajstić information content (AvgIpc) is 2.62. The van der Waals surface area contributed by atoms with E-state index in [1.165, 1.54) is 30.3 Å². The molecule has 132 valence electrons. The van der Waals surface area contributed by atoms with Crippen LogP contribution in [0.4, 0.5) is 11.4 Å². The van der Waals surface area contributed by atoms with E-state index in [9.17, 15) is 14.9 Å². The predicted octanol–water partition coefficient (Wildman–Crippen LogP) is 3.61. The van der Waals surface area contributed by atoms with E-state index in [1.54, 1.807) is 17.8 Å². The largest absolute Gasteiger partial charge is 0.384 e. The first kappa shape index (κ1) is 18.8. The van der Waals surface area contributed by atoms with E-state index >= 15 is 0 Å². The third-order valence-electron chi connectivity index (χ3n) is 3.64. The molecule has 1 amide bonds. The molecule has 0 saturated heterocycles. The zero-order valence-corrected chi connectivity index (χ0v) is 15.1. The van der Waals surface area contributed by atoms with Gasteiger partial charge >= 0.3 is 0 Å². The average molecular weight is 359 g/mol. The number of thioether (sulfide) groups is 1. The molecule has 2 aromatic rings. The molecule has 0 aromatic heterocycles. The van der Waals surface area contributed by atoms with Crippen molar-refractivity contribution < 1.29 is 9.72 Å². The van der Waals surface area contributed by atoms with Gasteiger partial charge in [-0.05, 0) is 18.6 Å². The van der Waals surface area contributed by atoms with Gasteiger partial charge < -0.3 is 10.6 Å². The SMILES string of the molecule is CNC(=O)c1cc([N+](=O)[O-])ccc1NCCSCc1ccc(C)cc1. The minimum Gasteiger partial charge on any atom is -0.384 e. The number of anilines is 1. The molecule has 0 fully saturated rings. The molecule has 0 spiro atoms. The van der Waals surface area contributed by atoms with Gasteiger partial charge in [-0.2, -0.15) is 11.8 Å². The summed E-state index contributed by atoms with van der Waals surface area (Å²) in [5, 5.41) is 16.6. The van der Waals surface area contributed by atoms with Crippen LogP contribution in [0.5, 0.6) is 0 Å². The van der Waals surface area contributed by atoms with Gasteiger partial charge in [0.15, 0.2) is 0 Å². The third kappa shape index (κ3) is 5.49. The van der Waals surface area contributed by atoms with E-state index in [0.29, 0.717) is 12.2 Å². The van der Waals surface area contributed by atoms with E-state index in [2.05, 4.69) is 41.8 Å². The standard InChI is InChI=1S/C18H21N3O3S/c1-13-3-5-14(6-4-13)12-25-10-9-20-17-8-7-15(21(23)24)11-16(17)18(22)19-2/h3-8,11,20H,9-10,12H2,1-2H3,(H,19,22). The highest BCUT2D eigenvalue weighted by atomic mass is 32.2. The van der Waals surface area contributed by atoms with Crippen molar-refractivity contribution in [2.45, 2.75) is 12.7 Å². The molecule has 0 aliphatic rings. The summed E-state index contributed by atoms with van der Waals surface area (Å²) in [5.74, 6) is 1.43. The Morgan fingerprint density at radius 3 is 2.56 bits per heavy atom. The summed E-state index contributed by atoms with van der Waals surface area (Å²) in [6, 6.07) is 12.7. The molecule has 0 aliphatic carbocycles. The zero-order chi connectivity index (χ0) is 18.2. The van der Waals surface area contributed by atoms with Crippen molar-refractivity contribution in [2.24, 2.45) is 0 Å². The first-order valence-electron chi connectivity index (χ1n) is 7.89. The van der Waals surface area contributed by atoms with Gasteiger partial charge in [-0.15, -0.1) is 0 Å². The number of non-ortho nitro benzene ring substituents is 1. The van der Waals surface area contributed by atoms with Crippen LogP contribution in [0.1, 0.15) is 21.5 Å². The summed E-state index contributed by atoms with van der Waals surface area (Å²) in [5.41, 5.74) is 3.30. The van der Waals surface area contributed by atoms with Crippen molar-refractivity contribution in [3.8, 4) is 0 Å². The van der Waals surface area contributed by atoms with Crippen molar-refractivity contribution in [3.63, 3.8) is 0 Å². The number of aryl methyl sites for hydroxylation is 1. The lowest BCUT2D eigenvalue weighted by Crippen LogP contribution is -2.20. The van der Waals surface area contributed by atoms with Crippen LogP contribution < -0.4 is 10.6 Å². The van der Waals surface area contributed by atoms with E-state index in [4.69, 9.17) is 0 Å². The van der Waals surface area contributed by atoms with Crippen LogP contribution in [-0.4, -0.2) is 30.2 Å². The number of carbonyl (C=O) groups excluding carboxylic acids is 1. The van der Waals surface area contributed by atoms with Gasteiger partial charge in [-0.1, -0.05) is 29.8 Å². The fourth-order valence-corrected chi connectivity index (χ4v) is 3.07. The Kier molecular flexibility index (Phi) is 6.82. The monoisotopic (exact) mass is 359 g/mol. The van der Waals surface area contributed by atoms with Crippen molar-refractivity contribution in [2.75, 3.05) is 24.7 Å². The first-order chi connectivity index (χ1) is 12.0. The summed E-state index contributed by atoms with van der Waals surface area (Å²) in [7, 11) is 1.50. The van der Waals surface area contributed by atoms with Crippen LogP contribution in [-0.2, 0) is 5.75 Å². The van der Waals surface area contributed by atoms with Gasteiger partial charge in [0.1, 0.15) is 0 Å². The molecule has 0 radical (unpaired) electrons. The van der Waals surface area contributed by atoms with Crippen molar-refractivity contribution >= 4 is 29.0 Å². The maximum Gasteiger partial charge on any atom is 0.270 e. The van der Waals surface area contributed by atoms with Gasteiger partial charge in [0, 0.05) is 42.9 Å². The molecule has 0 saturated carbocycles. The highest BCUT2D eigenvalue weighted by molar-refractivity contribution is 7.98. The topological polar surface area (TPSA) is 84.3 Å². The maximum atomic E-state index is 11.9.